The van der Waals surface area contributed by atoms with Crippen LogP contribution in [0.5, 0.6) is 5.75 Å². The molecule has 0 radical (unpaired) electrons. The molecular weight excluding hydrogens is 280 g/mol. The molecular formula is C13H13BrN2O. The van der Waals surface area contributed by atoms with Crippen LogP contribution in [0.3, 0.4) is 0 Å². The zero-order valence-corrected chi connectivity index (χ0v) is 10.9. The molecule has 0 unspecified atom stereocenters. The van der Waals surface area contributed by atoms with E-state index in [0.29, 0.717) is 6.61 Å². The Hall–Kier alpha value is -1.55. The number of pyridine rings is 1. The molecule has 1 aromatic carbocycles. The molecule has 0 bridgehead atoms. The van der Waals surface area contributed by atoms with Gasteiger partial charge in [0.2, 0.25) is 0 Å². The molecule has 0 saturated heterocycles. The average Bonchev–Trinajstić information content (AvgIpc) is 2.38. The summed E-state index contributed by atoms with van der Waals surface area (Å²) in [5.41, 5.74) is 1.02. The molecule has 0 aliphatic rings. The van der Waals surface area contributed by atoms with Crippen molar-refractivity contribution < 1.29 is 4.74 Å². The number of hydrogen-bond donors (Lipinski definition) is 1. The van der Waals surface area contributed by atoms with Crippen molar-refractivity contribution in [1.29, 1.82) is 0 Å². The first-order valence-electron chi connectivity index (χ1n) is 5.37. The van der Waals surface area contributed by atoms with Gasteiger partial charge in [0.1, 0.15) is 12.4 Å². The number of rotatable bonds is 5. The quantitative estimate of drug-likeness (QED) is 0.859. The minimum absolute atomic E-state index is 0.624. The molecule has 3 nitrogen and oxygen atoms in total. The summed E-state index contributed by atoms with van der Waals surface area (Å²) >= 11 is 3.43. The molecule has 0 saturated carbocycles. The van der Waals surface area contributed by atoms with Crippen molar-refractivity contribution in [2.75, 3.05) is 18.5 Å². The predicted molar refractivity (Wildman–Crippen MR) is 72.4 cm³/mol. The lowest BCUT2D eigenvalue weighted by Crippen LogP contribution is -2.11. The highest BCUT2D eigenvalue weighted by Crippen LogP contribution is 2.19. The van der Waals surface area contributed by atoms with E-state index in [9.17, 15) is 0 Å². The first-order valence-corrected chi connectivity index (χ1v) is 6.17. The van der Waals surface area contributed by atoms with Gasteiger partial charge in [0.25, 0.3) is 0 Å². The normalized spacial score (nSPS) is 9.94. The number of benzene rings is 1. The van der Waals surface area contributed by atoms with Crippen LogP contribution in [0.1, 0.15) is 0 Å². The number of nitrogens with one attached hydrogen (secondary N) is 1. The van der Waals surface area contributed by atoms with Crippen LogP contribution in [0.2, 0.25) is 0 Å². The van der Waals surface area contributed by atoms with Gasteiger partial charge in [-0.05, 0) is 34.1 Å². The molecule has 0 atom stereocenters. The Kier molecular flexibility index (Phi) is 4.38. The Balaban J connectivity index is 1.76. The van der Waals surface area contributed by atoms with Crippen LogP contribution in [0.15, 0.2) is 53.3 Å². The number of hydrogen-bond acceptors (Lipinski definition) is 3. The lowest BCUT2D eigenvalue weighted by atomic mass is 10.3. The van der Waals surface area contributed by atoms with Crippen LogP contribution in [0.4, 0.5) is 5.69 Å². The van der Waals surface area contributed by atoms with Gasteiger partial charge in [-0.2, -0.15) is 0 Å². The molecule has 0 aliphatic carbocycles. The summed E-state index contributed by atoms with van der Waals surface area (Å²) in [6.45, 7) is 1.37. The van der Waals surface area contributed by atoms with Crippen LogP contribution < -0.4 is 10.1 Å². The van der Waals surface area contributed by atoms with Crippen molar-refractivity contribution in [3.8, 4) is 5.75 Å². The number of para-hydroxylation sites is 1. The number of aromatic nitrogens is 1. The maximum atomic E-state index is 5.57. The third-order valence-electron chi connectivity index (χ3n) is 2.20. The number of anilines is 1. The molecule has 4 heteroatoms. The second-order valence-electron chi connectivity index (χ2n) is 3.44. The molecule has 88 valence electrons. The van der Waals surface area contributed by atoms with E-state index in [4.69, 9.17) is 4.74 Å². The zero-order chi connectivity index (χ0) is 11.9. The van der Waals surface area contributed by atoms with Crippen LogP contribution >= 0.6 is 15.9 Å². The standard InChI is InChI=1S/C13H13BrN2O/c14-12-10-15-7-6-13(12)16-8-9-17-11-4-2-1-3-5-11/h1-7,10H,8-9H2,(H,15,16). The predicted octanol–water partition coefficient (Wildman–Crippen LogP) is 3.34. The van der Waals surface area contributed by atoms with Crippen molar-refractivity contribution in [2.24, 2.45) is 0 Å². The van der Waals surface area contributed by atoms with Gasteiger partial charge in [-0.25, -0.2) is 0 Å². The summed E-state index contributed by atoms with van der Waals surface area (Å²) in [4.78, 5) is 4.00. The highest BCUT2D eigenvalue weighted by Gasteiger charge is 1.97. The Morgan fingerprint density at radius 2 is 2.00 bits per heavy atom. The molecule has 2 aromatic rings. The van der Waals surface area contributed by atoms with Crippen molar-refractivity contribution in [1.82, 2.24) is 4.98 Å². The summed E-state index contributed by atoms with van der Waals surface area (Å²) in [6, 6.07) is 11.7. The van der Waals surface area contributed by atoms with E-state index in [-0.39, 0.29) is 0 Å². The van der Waals surface area contributed by atoms with Gasteiger partial charge in [0.05, 0.1) is 10.2 Å². The number of ether oxygens (including phenoxy) is 1. The number of halogens is 1. The summed E-state index contributed by atoms with van der Waals surface area (Å²) < 4.78 is 6.53. The smallest absolute Gasteiger partial charge is 0.119 e. The van der Waals surface area contributed by atoms with Gasteiger partial charge in [0, 0.05) is 18.9 Å². The maximum absolute atomic E-state index is 5.57. The lowest BCUT2D eigenvalue weighted by molar-refractivity contribution is 0.333. The van der Waals surface area contributed by atoms with Crippen LogP contribution in [0, 0.1) is 0 Å². The Morgan fingerprint density at radius 1 is 1.18 bits per heavy atom. The second kappa shape index (κ2) is 6.25. The first kappa shape index (κ1) is 11.9. The van der Waals surface area contributed by atoms with E-state index in [1.807, 2.05) is 36.4 Å². The monoisotopic (exact) mass is 292 g/mol. The van der Waals surface area contributed by atoms with Crippen molar-refractivity contribution in [3.05, 3.63) is 53.3 Å². The third kappa shape index (κ3) is 3.75. The molecule has 0 amide bonds. The molecule has 17 heavy (non-hydrogen) atoms. The Bertz CT molecular complexity index is 462. The van der Waals surface area contributed by atoms with E-state index in [2.05, 4.69) is 26.2 Å². The van der Waals surface area contributed by atoms with Crippen LogP contribution in [-0.4, -0.2) is 18.1 Å². The molecule has 1 aromatic heterocycles. The second-order valence-corrected chi connectivity index (χ2v) is 4.30. The van der Waals surface area contributed by atoms with Crippen molar-refractivity contribution in [3.63, 3.8) is 0 Å². The third-order valence-corrected chi connectivity index (χ3v) is 2.83. The number of nitrogens with zero attached hydrogens (tertiary/aromatic N) is 1. The summed E-state index contributed by atoms with van der Waals surface area (Å²) in [5, 5.41) is 3.27. The SMILES string of the molecule is Brc1cnccc1NCCOc1ccccc1. The summed E-state index contributed by atoms with van der Waals surface area (Å²) in [5.74, 6) is 0.892. The highest BCUT2D eigenvalue weighted by molar-refractivity contribution is 9.10. The van der Waals surface area contributed by atoms with E-state index in [0.717, 1.165) is 22.5 Å². The van der Waals surface area contributed by atoms with E-state index in [1.165, 1.54) is 0 Å². The fourth-order valence-corrected chi connectivity index (χ4v) is 1.78. The molecule has 0 spiro atoms. The fourth-order valence-electron chi connectivity index (χ4n) is 1.39. The van der Waals surface area contributed by atoms with Crippen LogP contribution in [0.25, 0.3) is 0 Å². The largest absolute Gasteiger partial charge is 0.492 e. The van der Waals surface area contributed by atoms with Gasteiger partial charge in [-0.3, -0.25) is 4.98 Å². The lowest BCUT2D eigenvalue weighted by Gasteiger charge is -2.09. The van der Waals surface area contributed by atoms with E-state index >= 15 is 0 Å². The molecule has 1 N–H and O–H groups in total. The molecule has 0 fully saturated rings. The molecule has 2 rings (SSSR count). The van der Waals surface area contributed by atoms with Gasteiger partial charge >= 0.3 is 0 Å². The van der Waals surface area contributed by atoms with Gasteiger partial charge < -0.3 is 10.1 Å². The van der Waals surface area contributed by atoms with Crippen LogP contribution in [-0.2, 0) is 0 Å². The topological polar surface area (TPSA) is 34.2 Å². The van der Waals surface area contributed by atoms with Gasteiger partial charge in [-0.15, -0.1) is 0 Å². The molecule has 0 aliphatic heterocycles. The maximum Gasteiger partial charge on any atom is 0.119 e. The van der Waals surface area contributed by atoms with Crippen molar-refractivity contribution >= 4 is 21.6 Å². The Morgan fingerprint density at radius 3 is 2.76 bits per heavy atom. The summed E-state index contributed by atoms with van der Waals surface area (Å²) in [6.07, 6.45) is 3.52. The van der Waals surface area contributed by atoms with E-state index in [1.54, 1.807) is 12.4 Å². The zero-order valence-electron chi connectivity index (χ0n) is 9.27. The van der Waals surface area contributed by atoms with Gasteiger partial charge in [-0.1, -0.05) is 18.2 Å². The van der Waals surface area contributed by atoms with E-state index < -0.39 is 0 Å². The first-order chi connectivity index (χ1) is 8.36. The summed E-state index contributed by atoms with van der Waals surface area (Å²) in [7, 11) is 0. The minimum atomic E-state index is 0.624. The average molecular weight is 293 g/mol. The molecule has 1 heterocycles. The van der Waals surface area contributed by atoms with Crippen molar-refractivity contribution in [2.45, 2.75) is 0 Å². The van der Waals surface area contributed by atoms with Gasteiger partial charge in [0.15, 0.2) is 0 Å². The fraction of sp³-hybridized carbons (Fsp3) is 0.154. The Labute approximate surface area is 109 Å². The minimum Gasteiger partial charge on any atom is -0.492 e. The highest BCUT2D eigenvalue weighted by atomic mass is 79.9.